The van der Waals surface area contributed by atoms with E-state index >= 15 is 0 Å². The number of benzene rings is 1. The Kier molecular flexibility index (Phi) is 4.16. The molecule has 0 aliphatic carbocycles. The fourth-order valence-electron chi connectivity index (χ4n) is 3.17. The van der Waals surface area contributed by atoms with Gasteiger partial charge < -0.3 is 9.64 Å². The number of hydrogen-bond acceptors (Lipinski definition) is 4. The van der Waals surface area contributed by atoms with E-state index in [-0.39, 0.29) is 35.9 Å². The quantitative estimate of drug-likeness (QED) is 0.811. The number of halogens is 1. The zero-order valence-electron chi connectivity index (χ0n) is 13.0. The summed E-state index contributed by atoms with van der Waals surface area (Å²) in [6.45, 7) is 0.355. The van der Waals surface area contributed by atoms with Crippen molar-refractivity contribution in [3.63, 3.8) is 0 Å². The summed E-state index contributed by atoms with van der Waals surface area (Å²) in [7, 11) is -0.356. The molecule has 2 aliphatic rings. The van der Waals surface area contributed by atoms with Crippen LogP contribution in [0.3, 0.4) is 0 Å². The van der Waals surface area contributed by atoms with Crippen molar-refractivity contribution in [1.29, 1.82) is 0 Å². The summed E-state index contributed by atoms with van der Waals surface area (Å²) < 4.78 is 45.4. The van der Waals surface area contributed by atoms with Crippen LogP contribution in [0.1, 0.15) is 6.42 Å². The van der Waals surface area contributed by atoms with Crippen molar-refractivity contribution in [2.75, 3.05) is 27.2 Å². The lowest BCUT2D eigenvalue weighted by Gasteiger charge is -2.32. The Balaban J connectivity index is 1.81. The Morgan fingerprint density at radius 3 is 2.52 bits per heavy atom. The molecular formula is C15H19FN2O4S. The number of carbonyl (C=O) groups excluding carboxylic acids is 1. The van der Waals surface area contributed by atoms with Gasteiger partial charge in [-0.05, 0) is 30.7 Å². The molecule has 2 fully saturated rings. The van der Waals surface area contributed by atoms with E-state index in [2.05, 4.69) is 0 Å². The number of sulfonamides is 1. The minimum Gasteiger partial charge on any atom is -0.371 e. The topological polar surface area (TPSA) is 66.9 Å². The monoisotopic (exact) mass is 342 g/mol. The third kappa shape index (κ3) is 2.98. The molecule has 0 N–H and O–H groups in total. The van der Waals surface area contributed by atoms with Gasteiger partial charge in [0.05, 0.1) is 23.0 Å². The van der Waals surface area contributed by atoms with Crippen molar-refractivity contribution < 1.29 is 22.3 Å². The van der Waals surface area contributed by atoms with E-state index in [1.54, 1.807) is 14.1 Å². The van der Waals surface area contributed by atoms with Gasteiger partial charge in [-0.2, -0.15) is 4.31 Å². The molecule has 2 bridgehead atoms. The summed E-state index contributed by atoms with van der Waals surface area (Å²) in [5.41, 5.74) is 0. The summed E-state index contributed by atoms with van der Waals surface area (Å²) in [5, 5.41) is 0. The predicted molar refractivity (Wildman–Crippen MR) is 80.6 cm³/mol. The molecule has 1 aromatic rings. The van der Waals surface area contributed by atoms with Crippen LogP contribution in [0.5, 0.6) is 0 Å². The highest BCUT2D eigenvalue weighted by Crippen LogP contribution is 2.35. The Labute approximate surface area is 134 Å². The second-order valence-corrected chi connectivity index (χ2v) is 8.09. The Morgan fingerprint density at radius 1 is 1.26 bits per heavy atom. The van der Waals surface area contributed by atoms with Crippen LogP contribution >= 0.6 is 0 Å². The lowest BCUT2D eigenvalue weighted by atomic mass is 9.99. The van der Waals surface area contributed by atoms with Crippen molar-refractivity contribution in [1.82, 2.24) is 9.21 Å². The first kappa shape index (κ1) is 16.4. The van der Waals surface area contributed by atoms with E-state index in [0.29, 0.717) is 6.42 Å². The van der Waals surface area contributed by atoms with Crippen LogP contribution in [-0.2, 0) is 19.6 Å². The lowest BCUT2D eigenvalue weighted by Crippen LogP contribution is -2.47. The third-order valence-electron chi connectivity index (χ3n) is 4.33. The van der Waals surface area contributed by atoms with Gasteiger partial charge in [0.2, 0.25) is 15.9 Å². The van der Waals surface area contributed by atoms with E-state index in [1.165, 1.54) is 21.3 Å². The molecule has 0 saturated carbocycles. The molecule has 0 aromatic heterocycles. The van der Waals surface area contributed by atoms with Crippen LogP contribution in [0.25, 0.3) is 0 Å². The average molecular weight is 342 g/mol. The number of amides is 1. The van der Waals surface area contributed by atoms with Crippen LogP contribution in [0.4, 0.5) is 4.39 Å². The molecule has 2 saturated heterocycles. The standard InChI is InChI=1S/C15H19FN2O4S/c1-17(2)15(19)13-7-11-8-18(9-14(13)22-11)23(20,21)12-5-3-10(16)4-6-12/h3-6,11,13-14H,7-9H2,1-2H3/t11-,13+,14+/m0/s1. The van der Waals surface area contributed by atoms with Crippen LogP contribution in [0.15, 0.2) is 29.2 Å². The number of fused-ring (bicyclic) bond motifs is 2. The van der Waals surface area contributed by atoms with Crippen molar-refractivity contribution in [2.24, 2.45) is 5.92 Å². The second-order valence-electron chi connectivity index (χ2n) is 6.15. The van der Waals surface area contributed by atoms with E-state index in [9.17, 15) is 17.6 Å². The maximum absolute atomic E-state index is 13.0. The van der Waals surface area contributed by atoms with Gasteiger partial charge in [-0.1, -0.05) is 0 Å². The van der Waals surface area contributed by atoms with Gasteiger partial charge in [-0.25, -0.2) is 12.8 Å². The van der Waals surface area contributed by atoms with Crippen molar-refractivity contribution in [2.45, 2.75) is 23.5 Å². The zero-order chi connectivity index (χ0) is 16.8. The smallest absolute Gasteiger partial charge is 0.243 e. The maximum Gasteiger partial charge on any atom is 0.243 e. The summed E-state index contributed by atoms with van der Waals surface area (Å²) in [4.78, 5) is 13.7. The first-order valence-electron chi connectivity index (χ1n) is 7.41. The molecule has 0 spiro atoms. The van der Waals surface area contributed by atoms with Gasteiger partial charge in [0.1, 0.15) is 5.82 Å². The fraction of sp³-hybridized carbons (Fsp3) is 0.533. The summed E-state index contributed by atoms with van der Waals surface area (Å²) in [5.74, 6) is -0.843. The molecule has 1 aromatic carbocycles. The van der Waals surface area contributed by atoms with Crippen LogP contribution in [0.2, 0.25) is 0 Å². The molecule has 2 heterocycles. The minimum atomic E-state index is -3.71. The lowest BCUT2D eigenvalue weighted by molar-refractivity contribution is -0.135. The molecular weight excluding hydrogens is 323 g/mol. The second kappa shape index (κ2) is 5.85. The molecule has 2 aliphatic heterocycles. The highest BCUT2D eigenvalue weighted by Gasteiger charge is 2.47. The Hall–Kier alpha value is -1.51. The molecule has 6 nitrogen and oxygen atoms in total. The average Bonchev–Trinajstić information content (AvgIpc) is 2.80. The van der Waals surface area contributed by atoms with E-state index in [1.807, 2.05) is 0 Å². The van der Waals surface area contributed by atoms with Crippen molar-refractivity contribution in [3.05, 3.63) is 30.1 Å². The number of nitrogens with zero attached hydrogens (tertiary/aromatic N) is 2. The van der Waals surface area contributed by atoms with Gasteiger partial charge in [-0.3, -0.25) is 4.79 Å². The number of hydrogen-bond donors (Lipinski definition) is 0. The molecule has 1 amide bonds. The van der Waals surface area contributed by atoms with Gasteiger partial charge in [0.25, 0.3) is 0 Å². The van der Waals surface area contributed by atoms with Crippen LogP contribution in [-0.4, -0.2) is 62.9 Å². The number of rotatable bonds is 3. The third-order valence-corrected chi connectivity index (χ3v) is 6.18. The summed E-state index contributed by atoms with van der Waals surface area (Å²) in [6.07, 6.45) is -0.186. The first-order valence-corrected chi connectivity index (χ1v) is 8.85. The fourth-order valence-corrected chi connectivity index (χ4v) is 4.65. The highest BCUT2D eigenvalue weighted by atomic mass is 32.2. The molecule has 0 unspecified atom stereocenters. The van der Waals surface area contributed by atoms with Gasteiger partial charge in [-0.15, -0.1) is 0 Å². The highest BCUT2D eigenvalue weighted by molar-refractivity contribution is 7.89. The number of morpholine rings is 1. The molecule has 0 radical (unpaired) electrons. The van der Waals surface area contributed by atoms with Crippen molar-refractivity contribution >= 4 is 15.9 Å². The normalized spacial score (nSPS) is 27.9. The molecule has 23 heavy (non-hydrogen) atoms. The van der Waals surface area contributed by atoms with E-state index in [4.69, 9.17) is 4.74 Å². The van der Waals surface area contributed by atoms with Gasteiger partial charge in [0, 0.05) is 27.2 Å². The van der Waals surface area contributed by atoms with Gasteiger partial charge in [0.15, 0.2) is 0 Å². The summed E-state index contributed by atoms with van der Waals surface area (Å²) >= 11 is 0. The zero-order valence-corrected chi connectivity index (χ0v) is 13.8. The predicted octanol–water partition coefficient (Wildman–Crippen LogP) is 0.692. The Bertz CT molecular complexity index is 705. The number of ether oxygens (including phenoxy) is 1. The first-order chi connectivity index (χ1) is 10.8. The molecule has 126 valence electrons. The van der Waals surface area contributed by atoms with Crippen molar-refractivity contribution in [3.8, 4) is 0 Å². The summed E-state index contributed by atoms with van der Waals surface area (Å²) in [6, 6.07) is 4.76. The SMILES string of the molecule is CN(C)C(=O)[C@@H]1C[C@H]2CN(S(=O)(=O)c3ccc(F)cc3)C[C@H]1O2. The molecule has 3 atom stereocenters. The molecule has 8 heteroatoms. The minimum absolute atomic E-state index is 0.0430. The van der Waals surface area contributed by atoms with E-state index < -0.39 is 21.9 Å². The largest absolute Gasteiger partial charge is 0.371 e. The Morgan fingerprint density at radius 2 is 1.91 bits per heavy atom. The van der Waals surface area contributed by atoms with Crippen LogP contribution in [0, 0.1) is 11.7 Å². The maximum atomic E-state index is 13.0. The number of carbonyl (C=O) groups is 1. The van der Waals surface area contributed by atoms with E-state index in [0.717, 1.165) is 12.1 Å². The van der Waals surface area contributed by atoms with Crippen LogP contribution < -0.4 is 0 Å². The van der Waals surface area contributed by atoms with Gasteiger partial charge >= 0.3 is 0 Å². The molecule has 3 rings (SSSR count).